The average Bonchev–Trinajstić information content (AvgIpc) is 2.70. The highest BCUT2D eigenvalue weighted by Crippen LogP contribution is 2.22. The molecular weight excluding hydrogens is 361 g/mol. The second-order valence-electron chi connectivity index (χ2n) is 5.78. The van der Waals surface area contributed by atoms with Crippen LogP contribution in [0.3, 0.4) is 0 Å². The van der Waals surface area contributed by atoms with Crippen molar-refractivity contribution in [3.05, 3.63) is 83.9 Å². The first-order chi connectivity index (χ1) is 13.6. The van der Waals surface area contributed by atoms with E-state index in [1.165, 1.54) is 30.5 Å². The molecule has 3 aromatic rings. The molecule has 0 aliphatic heterocycles. The number of hydrogen-bond acceptors (Lipinski definition) is 5. The molecule has 0 atom stereocenters. The summed E-state index contributed by atoms with van der Waals surface area (Å²) in [6.07, 6.45) is 1.48. The van der Waals surface area contributed by atoms with Gasteiger partial charge in [-0.25, -0.2) is 9.18 Å². The quantitative estimate of drug-likeness (QED) is 0.621. The van der Waals surface area contributed by atoms with Gasteiger partial charge in [0.05, 0.1) is 17.9 Å². The van der Waals surface area contributed by atoms with Crippen molar-refractivity contribution in [3.63, 3.8) is 0 Å². The van der Waals surface area contributed by atoms with Gasteiger partial charge >= 0.3 is 5.97 Å². The largest absolute Gasteiger partial charge is 0.462 e. The van der Waals surface area contributed by atoms with Crippen LogP contribution in [-0.2, 0) is 4.74 Å². The van der Waals surface area contributed by atoms with Crippen molar-refractivity contribution < 1.29 is 18.7 Å². The van der Waals surface area contributed by atoms with Crippen LogP contribution in [0.1, 0.15) is 27.8 Å². The van der Waals surface area contributed by atoms with E-state index in [1.54, 1.807) is 43.3 Å². The minimum atomic E-state index is -0.436. The minimum absolute atomic E-state index is 0.169. The molecule has 0 aliphatic carbocycles. The predicted octanol–water partition coefficient (Wildman–Crippen LogP) is 4.39. The molecule has 3 rings (SSSR count). The molecule has 2 aromatic carbocycles. The average molecular weight is 379 g/mol. The number of amides is 1. The molecule has 6 nitrogen and oxygen atoms in total. The van der Waals surface area contributed by atoms with Gasteiger partial charge in [-0.1, -0.05) is 12.1 Å². The van der Waals surface area contributed by atoms with Crippen LogP contribution in [0, 0.1) is 5.82 Å². The number of hydrogen-bond donors (Lipinski definition) is 2. The monoisotopic (exact) mass is 379 g/mol. The van der Waals surface area contributed by atoms with E-state index >= 15 is 0 Å². The molecule has 0 radical (unpaired) electrons. The van der Waals surface area contributed by atoms with Crippen LogP contribution in [0.5, 0.6) is 0 Å². The zero-order valence-corrected chi connectivity index (χ0v) is 15.1. The zero-order chi connectivity index (χ0) is 19.9. The number of nitrogens with one attached hydrogen (secondary N) is 2. The smallest absolute Gasteiger partial charge is 0.340 e. The van der Waals surface area contributed by atoms with Crippen molar-refractivity contribution in [3.8, 4) is 0 Å². The first kappa shape index (κ1) is 19.0. The summed E-state index contributed by atoms with van der Waals surface area (Å²) in [6.45, 7) is 2.01. The van der Waals surface area contributed by atoms with Crippen LogP contribution in [0.2, 0.25) is 0 Å². The van der Waals surface area contributed by atoms with Crippen molar-refractivity contribution >= 4 is 28.9 Å². The first-order valence-electron chi connectivity index (χ1n) is 8.63. The summed E-state index contributed by atoms with van der Waals surface area (Å²) in [5.74, 6) is -1.26. The van der Waals surface area contributed by atoms with Crippen molar-refractivity contribution in [1.29, 1.82) is 0 Å². The molecule has 1 heterocycles. The number of pyridine rings is 1. The summed E-state index contributed by atoms with van der Waals surface area (Å²) in [5.41, 5.74) is 2.15. The summed E-state index contributed by atoms with van der Waals surface area (Å²) in [6, 6.07) is 15.6. The van der Waals surface area contributed by atoms with E-state index in [9.17, 15) is 14.0 Å². The Morgan fingerprint density at radius 1 is 1.04 bits per heavy atom. The predicted molar refractivity (Wildman–Crippen MR) is 104 cm³/mol. The molecule has 1 aromatic heterocycles. The molecule has 0 fully saturated rings. The Kier molecular flexibility index (Phi) is 5.96. The number of nitrogens with zero attached hydrogens (tertiary/aromatic N) is 1. The number of esters is 1. The van der Waals surface area contributed by atoms with Crippen LogP contribution >= 0.6 is 0 Å². The lowest BCUT2D eigenvalue weighted by Gasteiger charge is -2.12. The van der Waals surface area contributed by atoms with E-state index in [-0.39, 0.29) is 18.1 Å². The van der Waals surface area contributed by atoms with E-state index in [4.69, 9.17) is 4.74 Å². The van der Waals surface area contributed by atoms with E-state index in [0.29, 0.717) is 22.6 Å². The highest BCUT2D eigenvalue weighted by Gasteiger charge is 2.13. The molecule has 1 amide bonds. The second-order valence-corrected chi connectivity index (χ2v) is 5.78. The van der Waals surface area contributed by atoms with E-state index in [1.807, 2.05) is 0 Å². The number of benzene rings is 2. The van der Waals surface area contributed by atoms with Crippen molar-refractivity contribution in [2.45, 2.75) is 6.92 Å². The number of anilines is 3. The molecule has 0 aliphatic rings. The molecule has 0 saturated heterocycles. The summed E-state index contributed by atoms with van der Waals surface area (Å²) in [4.78, 5) is 28.6. The van der Waals surface area contributed by atoms with E-state index in [2.05, 4.69) is 15.6 Å². The number of ether oxygens (including phenoxy) is 1. The Balaban J connectivity index is 1.78. The second kappa shape index (κ2) is 8.77. The summed E-state index contributed by atoms with van der Waals surface area (Å²) in [7, 11) is 0. The minimum Gasteiger partial charge on any atom is -0.462 e. The van der Waals surface area contributed by atoms with Gasteiger partial charge in [-0.15, -0.1) is 0 Å². The van der Waals surface area contributed by atoms with Crippen LogP contribution in [0.25, 0.3) is 0 Å². The van der Waals surface area contributed by atoms with Crippen LogP contribution in [-0.4, -0.2) is 23.5 Å². The number of carbonyl (C=O) groups excluding carboxylic acids is 2. The molecule has 28 heavy (non-hydrogen) atoms. The molecule has 2 N–H and O–H groups in total. The molecule has 0 bridgehead atoms. The lowest BCUT2D eigenvalue weighted by molar-refractivity contribution is 0.0527. The molecule has 0 unspecified atom stereocenters. The fourth-order valence-electron chi connectivity index (χ4n) is 2.50. The third-order valence-electron chi connectivity index (χ3n) is 3.80. The SMILES string of the molecule is CCOC(=O)c1ccccc1Nc1ccnc(C(=O)Nc2ccc(F)cc2)c1. The van der Waals surface area contributed by atoms with Gasteiger partial charge in [0.25, 0.3) is 5.91 Å². The highest BCUT2D eigenvalue weighted by atomic mass is 19.1. The Labute approximate surface area is 161 Å². The van der Waals surface area contributed by atoms with Crippen molar-refractivity contribution in [1.82, 2.24) is 4.98 Å². The zero-order valence-electron chi connectivity index (χ0n) is 15.1. The fraction of sp³-hybridized carbons (Fsp3) is 0.0952. The fourth-order valence-corrected chi connectivity index (χ4v) is 2.50. The Hall–Kier alpha value is -3.74. The maximum atomic E-state index is 13.0. The highest BCUT2D eigenvalue weighted by molar-refractivity contribution is 6.03. The normalized spacial score (nSPS) is 10.2. The van der Waals surface area contributed by atoms with Gasteiger partial charge in [0.2, 0.25) is 0 Å². The van der Waals surface area contributed by atoms with Gasteiger partial charge in [0.15, 0.2) is 0 Å². The summed E-state index contributed by atoms with van der Waals surface area (Å²) >= 11 is 0. The van der Waals surface area contributed by atoms with Gasteiger partial charge in [-0.2, -0.15) is 0 Å². The van der Waals surface area contributed by atoms with Crippen molar-refractivity contribution in [2.75, 3.05) is 17.2 Å². The number of rotatable bonds is 6. The first-order valence-corrected chi connectivity index (χ1v) is 8.63. The lowest BCUT2D eigenvalue weighted by Crippen LogP contribution is -2.14. The Morgan fingerprint density at radius 2 is 1.79 bits per heavy atom. The van der Waals surface area contributed by atoms with Gasteiger partial charge in [0, 0.05) is 17.6 Å². The lowest BCUT2D eigenvalue weighted by atomic mass is 10.1. The Bertz CT molecular complexity index is 990. The summed E-state index contributed by atoms with van der Waals surface area (Å²) < 4.78 is 18.0. The third-order valence-corrected chi connectivity index (χ3v) is 3.80. The van der Waals surface area contributed by atoms with Crippen LogP contribution in [0.4, 0.5) is 21.5 Å². The Morgan fingerprint density at radius 3 is 2.54 bits per heavy atom. The number of aromatic nitrogens is 1. The molecular formula is C21H18FN3O3. The van der Waals surface area contributed by atoms with Gasteiger partial charge in [-0.05, 0) is 55.5 Å². The third kappa shape index (κ3) is 4.70. The standard InChI is InChI=1S/C21H18FN3O3/c1-2-28-21(27)17-5-3-4-6-18(17)24-16-11-12-23-19(13-16)20(26)25-15-9-7-14(22)8-10-15/h3-13H,2H2,1H3,(H,23,24)(H,25,26). The molecule has 0 saturated carbocycles. The van der Waals surface area contributed by atoms with E-state index < -0.39 is 11.9 Å². The topological polar surface area (TPSA) is 80.3 Å². The van der Waals surface area contributed by atoms with Crippen molar-refractivity contribution in [2.24, 2.45) is 0 Å². The maximum Gasteiger partial charge on any atom is 0.340 e. The van der Waals surface area contributed by atoms with E-state index in [0.717, 1.165) is 0 Å². The maximum absolute atomic E-state index is 13.0. The number of halogens is 1. The van der Waals surface area contributed by atoms with Gasteiger partial charge in [-0.3, -0.25) is 9.78 Å². The molecule has 142 valence electrons. The van der Waals surface area contributed by atoms with Crippen LogP contribution in [0.15, 0.2) is 66.9 Å². The summed E-state index contributed by atoms with van der Waals surface area (Å²) in [5, 5.41) is 5.76. The molecule has 0 spiro atoms. The molecule has 7 heteroatoms. The van der Waals surface area contributed by atoms with Gasteiger partial charge < -0.3 is 15.4 Å². The van der Waals surface area contributed by atoms with Gasteiger partial charge in [0.1, 0.15) is 11.5 Å². The number of carbonyl (C=O) groups is 2. The van der Waals surface area contributed by atoms with Crippen LogP contribution < -0.4 is 10.6 Å². The number of para-hydroxylation sites is 1.